The third-order valence-corrected chi connectivity index (χ3v) is 4.06. The van der Waals surface area contributed by atoms with Gasteiger partial charge in [0.1, 0.15) is 11.3 Å². The van der Waals surface area contributed by atoms with Crippen molar-refractivity contribution in [1.29, 1.82) is 0 Å². The van der Waals surface area contributed by atoms with Crippen LogP contribution in [-0.2, 0) is 9.53 Å². The van der Waals surface area contributed by atoms with E-state index in [1.165, 1.54) is 24.5 Å². The minimum Gasteiger partial charge on any atom is -0.452 e. The molecule has 0 fully saturated rings. The molecule has 0 aliphatic heterocycles. The molecular weight excluding hydrogens is 400 g/mol. The Kier molecular flexibility index (Phi) is 6.89. The van der Waals surface area contributed by atoms with Crippen molar-refractivity contribution in [2.45, 2.75) is 13.8 Å². The van der Waals surface area contributed by atoms with E-state index in [0.717, 1.165) is 11.1 Å². The molecule has 2 heterocycles. The lowest BCUT2D eigenvalue weighted by Gasteiger charge is -2.11. The summed E-state index contributed by atoms with van der Waals surface area (Å²) in [6.45, 7) is 3.12. The van der Waals surface area contributed by atoms with Crippen LogP contribution in [0.3, 0.4) is 0 Å². The Morgan fingerprint density at radius 1 is 1.03 bits per heavy atom. The Morgan fingerprint density at radius 3 is 2.58 bits per heavy atom. The number of imide groups is 1. The van der Waals surface area contributed by atoms with Gasteiger partial charge < -0.3 is 14.8 Å². The first-order valence-electron chi connectivity index (χ1n) is 9.30. The fourth-order valence-electron chi connectivity index (χ4n) is 2.63. The lowest BCUT2D eigenvalue weighted by atomic mass is 10.1. The van der Waals surface area contributed by atoms with Crippen LogP contribution < -0.4 is 15.4 Å². The summed E-state index contributed by atoms with van der Waals surface area (Å²) in [4.78, 5) is 44.3. The third-order valence-electron chi connectivity index (χ3n) is 4.06. The maximum atomic E-state index is 12.4. The molecule has 0 aliphatic rings. The van der Waals surface area contributed by atoms with Gasteiger partial charge in [-0.15, -0.1) is 0 Å². The van der Waals surface area contributed by atoms with Crippen LogP contribution in [0.2, 0.25) is 0 Å². The van der Waals surface area contributed by atoms with E-state index in [9.17, 15) is 14.4 Å². The van der Waals surface area contributed by atoms with Crippen molar-refractivity contribution in [3.63, 3.8) is 0 Å². The van der Waals surface area contributed by atoms with Gasteiger partial charge >= 0.3 is 12.0 Å². The molecule has 0 bridgehead atoms. The van der Waals surface area contributed by atoms with Crippen molar-refractivity contribution in [3.05, 3.63) is 77.7 Å². The van der Waals surface area contributed by atoms with Gasteiger partial charge in [-0.3, -0.25) is 15.1 Å². The molecular formula is C22H20N4O5. The summed E-state index contributed by atoms with van der Waals surface area (Å²) in [5, 5.41) is 4.69. The highest BCUT2D eigenvalue weighted by Gasteiger charge is 2.18. The van der Waals surface area contributed by atoms with E-state index in [0.29, 0.717) is 11.4 Å². The summed E-state index contributed by atoms with van der Waals surface area (Å²) >= 11 is 0. The summed E-state index contributed by atoms with van der Waals surface area (Å²) in [6.07, 6.45) is 4.49. The third kappa shape index (κ3) is 6.10. The van der Waals surface area contributed by atoms with E-state index < -0.39 is 24.5 Å². The van der Waals surface area contributed by atoms with Crippen molar-refractivity contribution in [2.75, 3.05) is 11.9 Å². The molecule has 1 aromatic carbocycles. The van der Waals surface area contributed by atoms with Gasteiger partial charge in [0.25, 0.3) is 5.91 Å². The summed E-state index contributed by atoms with van der Waals surface area (Å²) < 4.78 is 10.5. The Morgan fingerprint density at radius 2 is 1.84 bits per heavy atom. The SMILES string of the molecule is Cc1ccc(NC(=O)NC(=O)COC(=O)c2cccnc2Oc2cccnc2)c(C)c1. The summed E-state index contributed by atoms with van der Waals surface area (Å²) in [7, 11) is 0. The molecule has 3 aromatic rings. The quantitative estimate of drug-likeness (QED) is 0.587. The van der Waals surface area contributed by atoms with Crippen LogP contribution >= 0.6 is 0 Å². The topological polar surface area (TPSA) is 120 Å². The summed E-state index contributed by atoms with van der Waals surface area (Å²) in [5.41, 5.74) is 2.50. The van der Waals surface area contributed by atoms with Gasteiger partial charge in [-0.2, -0.15) is 0 Å². The fourth-order valence-corrected chi connectivity index (χ4v) is 2.63. The largest absolute Gasteiger partial charge is 0.452 e. The number of carbonyl (C=O) groups excluding carboxylic acids is 3. The lowest BCUT2D eigenvalue weighted by Crippen LogP contribution is -2.37. The van der Waals surface area contributed by atoms with Crippen LogP contribution in [-0.4, -0.2) is 34.5 Å². The number of nitrogens with zero attached hydrogens (tertiary/aromatic N) is 2. The first-order valence-corrected chi connectivity index (χ1v) is 9.30. The van der Waals surface area contributed by atoms with Gasteiger partial charge in [0.15, 0.2) is 6.61 Å². The molecule has 31 heavy (non-hydrogen) atoms. The van der Waals surface area contributed by atoms with Crippen LogP contribution in [0.15, 0.2) is 61.1 Å². The highest BCUT2D eigenvalue weighted by Crippen LogP contribution is 2.22. The Bertz CT molecular complexity index is 1100. The van der Waals surface area contributed by atoms with Crippen LogP contribution in [0.5, 0.6) is 11.6 Å². The molecule has 0 saturated heterocycles. The average Bonchev–Trinajstić information content (AvgIpc) is 2.75. The second kappa shape index (κ2) is 9.97. The first kappa shape index (κ1) is 21.4. The monoisotopic (exact) mass is 420 g/mol. The zero-order chi connectivity index (χ0) is 22.2. The van der Waals surface area contributed by atoms with E-state index >= 15 is 0 Å². The zero-order valence-electron chi connectivity index (χ0n) is 16.9. The first-order chi connectivity index (χ1) is 14.9. The van der Waals surface area contributed by atoms with Crippen molar-refractivity contribution < 1.29 is 23.9 Å². The molecule has 3 amide bonds. The fraction of sp³-hybridized carbons (Fsp3) is 0.136. The van der Waals surface area contributed by atoms with Gasteiger partial charge in [0, 0.05) is 18.1 Å². The minimum atomic E-state index is -0.822. The van der Waals surface area contributed by atoms with Gasteiger partial charge in [-0.05, 0) is 49.7 Å². The van der Waals surface area contributed by atoms with E-state index in [1.54, 1.807) is 24.4 Å². The molecule has 0 saturated carbocycles. The van der Waals surface area contributed by atoms with Crippen molar-refractivity contribution >= 4 is 23.6 Å². The summed E-state index contributed by atoms with van der Waals surface area (Å²) in [6, 6.07) is 11.1. The molecule has 0 spiro atoms. The van der Waals surface area contributed by atoms with Crippen LogP contribution in [0, 0.1) is 13.8 Å². The van der Waals surface area contributed by atoms with E-state index in [1.807, 2.05) is 26.0 Å². The van der Waals surface area contributed by atoms with E-state index in [4.69, 9.17) is 9.47 Å². The number of nitrogens with one attached hydrogen (secondary N) is 2. The molecule has 9 heteroatoms. The van der Waals surface area contributed by atoms with Crippen molar-refractivity contribution in [1.82, 2.24) is 15.3 Å². The highest BCUT2D eigenvalue weighted by atomic mass is 16.5. The van der Waals surface area contributed by atoms with Gasteiger partial charge in [-0.25, -0.2) is 14.6 Å². The molecule has 0 atom stereocenters. The Labute approximate surface area is 178 Å². The van der Waals surface area contributed by atoms with Crippen LogP contribution in [0.25, 0.3) is 0 Å². The number of rotatable bonds is 6. The van der Waals surface area contributed by atoms with Gasteiger partial charge in [-0.1, -0.05) is 17.7 Å². The average molecular weight is 420 g/mol. The minimum absolute atomic E-state index is 0.00787. The summed E-state index contributed by atoms with van der Waals surface area (Å²) in [5.74, 6) is -1.21. The number of aromatic nitrogens is 2. The smallest absolute Gasteiger partial charge is 0.344 e. The predicted molar refractivity (Wildman–Crippen MR) is 112 cm³/mol. The molecule has 2 aromatic heterocycles. The zero-order valence-corrected chi connectivity index (χ0v) is 16.9. The number of aryl methyl sites for hydroxylation is 2. The maximum Gasteiger partial charge on any atom is 0.344 e. The van der Waals surface area contributed by atoms with Crippen molar-refractivity contribution in [2.24, 2.45) is 0 Å². The van der Waals surface area contributed by atoms with Crippen LogP contribution in [0.1, 0.15) is 21.5 Å². The van der Waals surface area contributed by atoms with E-state index in [2.05, 4.69) is 20.6 Å². The normalized spacial score (nSPS) is 10.1. The molecule has 2 N–H and O–H groups in total. The van der Waals surface area contributed by atoms with E-state index in [-0.39, 0.29) is 11.4 Å². The molecule has 158 valence electrons. The molecule has 3 rings (SSSR count). The number of urea groups is 1. The predicted octanol–water partition coefficient (Wildman–Crippen LogP) is 3.39. The van der Waals surface area contributed by atoms with Gasteiger partial charge in [0.05, 0.1) is 6.20 Å². The molecule has 9 nitrogen and oxygen atoms in total. The Hall–Kier alpha value is -4.27. The van der Waals surface area contributed by atoms with Crippen LogP contribution in [0.4, 0.5) is 10.5 Å². The standard InChI is InChI=1S/C22H20N4O5/c1-14-7-8-18(15(2)11-14)25-22(29)26-19(27)13-30-21(28)17-6-4-10-24-20(17)31-16-5-3-9-23-12-16/h3-12H,13H2,1-2H3,(H2,25,26,27,29). The molecule has 0 unspecified atom stereocenters. The number of ether oxygens (including phenoxy) is 2. The lowest BCUT2D eigenvalue weighted by molar-refractivity contribution is -0.123. The number of hydrogen-bond donors (Lipinski definition) is 2. The number of carbonyl (C=O) groups is 3. The maximum absolute atomic E-state index is 12.4. The highest BCUT2D eigenvalue weighted by molar-refractivity contribution is 6.02. The number of esters is 1. The number of amides is 3. The molecule has 0 aliphatic carbocycles. The number of pyridine rings is 2. The number of hydrogen-bond acceptors (Lipinski definition) is 7. The number of anilines is 1. The Balaban J connectivity index is 1.54. The second-order valence-electron chi connectivity index (χ2n) is 6.54. The number of benzene rings is 1. The van der Waals surface area contributed by atoms with Gasteiger partial charge in [0.2, 0.25) is 5.88 Å². The second-order valence-corrected chi connectivity index (χ2v) is 6.54. The molecule has 0 radical (unpaired) electrons. The van der Waals surface area contributed by atoms with Crippen molar-refractivity contribution in [3.8, 4) is 11.6 Å².